The van der Waals surface area contributed by atoms with Crippen LogP contribution in [0.15, 0.2) is 40.7 Å². The lowest BCUT2D eigenvalue weighted by Crippen LogP contribution is -2.38. The minimum absolute atomic E-state index is 0.0993. The fourth-order valence-electron chi connectivity index (χ4n) is 6.33. The van der Waals surface area contributed by atoms with Crippen LogP contribution in [0, 0.1) is 0 Å². The van der Waals surface area contributed by atoms with Gasteiger partial charge in [0, 0.05) is 30.0 Å². The third-order valence-corrected chi connectivity index (χ3v) is 8.74. The van der Waals surface area contributed by atoms with E-state index in [2.05, 4.69) is 19.1 Å². The van der Waals surface area contributed by atoms with E-state index in [9.17, 15) is 14.7 Å². The first-order valence-corrected chi connectivity index (χ1v) is 16.5. The highest BCUT2D eigenvalue weighted by atomic mass is 16.5. The Morgan fingerprint density at radius 2 is 1.38 bits per heavy atom. The van der Waals surface area contributed by atoms with Gasteiger partial charge in [-0.05, 0) is 69.7 Å². The van der Waals surface area contributed by atoms with Gasteiger partial charge in [0.2, 0.25) is 0 Å². The molecule has 1 unspecified atom stereocenters. The monoisotopic (exact) mass is 583 g/mol. The van der Waals surface area contributed by atoms with E-state index in [1.165, 1.54) is 87.5 Å². The van der Waals surface area contributed by atoms with E-state index in [0.717, 1.165) is 35.3 Å². The number of benzene rings is 1. The zero-order valence-corrected chi connectivity index (χ0v) is 27.4. The second-order valence-corrected chi connectivity index (χ2v) is 11.8. The van der Waals surface area contributed by atoms with Gasteiger partial charge in [-0.25, -0.2) is 4.79 Å². The van der Waals surface area contributed by atoms with Gasteiger partial charge in [-0.2, -0.15) is 0 Å². The maximum absolute atomic E-state index is 12.7. The summed E-state index contributed by atoms with van der Waals surface area (Å²) in [5.41, 5.74) is 5.73. The van der Waals surface area contributed by atoms with Crippen LogP contribution in [-0.2, 0) is 20.7 Å². The Bertz CT molecular complexity index is 1060. The first-order valence-electron chi connectivity index (χ1n) is 16.5. The number of carbonyl (C=O) groups excluding carboxylic acids is 1. The van der Waals surface area contributed by atoms with Crippen LogP contribution >= 0.6 is 0 Å². The lowest BCUT2D eigenvalue weighted by atomic mass is 9.76. The lowest BCUT2D eigenvalue weighted by molar-refractivity contribution is -0.154. The highest BCUT2D eigenvalue weighted by Crippen LogP contribution is 2.47. The van der Waals surface area contributed by atoms with Crippen LogP contribution in [0.25, 0.3) is 0 Å². The molecule has 1 aromatic carbocycles. The number of aryl methyl sites for hydroxylation is 1. The van der Waals surface area contributed by atoms with Crippen LogP contribution < -0.4 is 4.74 Å². The Labute approximate surface area is 255 Å². The highest BCUT2D eigenvalue weighted by molar-refractivity contribution is 6.32. The van der Waals surface area contributed by atoms with Gasteiger partial charge in [0.1, 0.15) is 5.75 Å². The lowest BCUT2D eigenvalue weighted by Gasteiger charge is -2.38. The molecule has 6 heteroatoms. The number of carboxylic acids is 1. The molecule has 0 spiro atoms. The minimum atomic E-state index is -1.45. The number of unbranched alkanes of at least 4 members (excludes halogenated alkanes) is 12. The number of allylic oxidation sites excluding steroid dienone is 3. The maximum Gasteiger partial charge on any atom is 0.395 e. The predicted octanol–water partition coefficient (Wildman–Crippen LogP) is 9.33. The van der Waals surface area contributed by atoms with Gasteiger partial charge >= 0.3 is 11.9 Å². The minimum Gasteiger partial charge on any atom is -0.494 e. The average Bonchev–Trinajstić information content (AvgIpc) is 2.97. The van der Waals surface area contributed by atoms with Gasteiger partial charge in [0.15, 0.2) is 0 Å². The second-order valence-electron chi connectivity index (χ2n) is 11.8. The number of aliphatic carboxylic acids is 1. The van der Waals surface area contributed by atoms with Crippen molar-refractivity contribution in [2.45, 2.75) is 137 Å². The quantitative estimate of drug-likeness (QED) is 0.122. The van der Waals surface area contributed by atoms with Gasteiger partial charge in [-0.1, -0.05) is 96.1 Å². The van der Waals surface area contributed by atoms with Gasteiger partial charge < -0.3 is 14.6 Å². The molecule has 2 rings (SSSR count). The molecular weight excluding hydrogens is 526 g/mol. The number of rotatable bonds is 20. The number of hydrogen-bond acceptors (Lipinski definition) is 4. The van der Waals surface area contributed by atoms with Crippen LogP contribution in [-0.4, -0.2) is 42.2 Å². The fourth-order valence-corrected chi connectivity index (χ4v) is 6.33. The van der Waals surface area contributed by atoms with Crippen molar-refractivity contribution in [1.82, 2.24) is 4.90 Å². The second kappa shape index (κ2) is 19.6. The molecule has 0 fully saturated rings. The summed E-state index contributed by atoms with van der Waals surface area (Å²) >= 11 is 0. The molecular formula is C36H57NO5. The zero-order chi connectivity index (χ0) is 30.9. The average molecular weight is 584 g/mol. The molecule has 1 amide bonds. The molecule has 1 atom stereocenters. The molecule has 42 heavy (non-hydrogen) atoms. The van der Waals surface area contributed by atoms with Crippen molar-refractivity contribution in [2.24, 2.45) is 0 Å². The first kappa shape index (κ1) is 35.6. The van der Waals surface area contributed by atoms with E-state index in [-0.39, 0.29) is 5.92 Å². The molecule has 0 aromatic heterocycles. The van der Waals surface area contributed by atoms with Crippen molar-refractivity contribution in [1.29, 1.82) is 0 Å². The Morgan fingerprint density at radius 1 is 0.810 bits per heavy atom. The van der Waals surface area contributed by atoms with Crippen LogP contribution in [0.1, 0.15) is 142 Å². The Hall–Kier alpha value is -2.60. The third kappa shape index (κ3) is 10.3. The van der Waals surface area contributed by atoms with Gasteiger partial charge in [-0.3, -0.25) is 9.69 Å². The smallest absolute Gasteiger partial charge is 0.395 e. The standard InChI is InChI=1S/C36H57NO5/c1-7-9-10-11-12-13-14-15-16-17-18-19-20-22-30-23-21-24-32(42-8-2)34(30)33-27(3)28(4)37(35(38)36(39)40)29(5)31(33)25-26-41-6/h21,23-24,33H,7-20,22,25-26H2,1-6H3,(H,39,40). The SMILES string of the molecule is CCCCCCCCCCCCCCCc1cccc(OCC)c1C1C(C)=C(C)N(C(=O)C(=O)O)C(C)=C1CCOC. The Morgan fingerprint density at radius 3 is 1.90 bits per heavy atom. The molecule has 0 saturated carbocycles. The molecule has 1 heterocycles. The van der Waals surface area contributed by atoms with E-state index in [0.29, 0.717) is 31.0 Å². The van der Waals surface area contributed by atoms with Crippen molar-refractivity contribution in [3.8, 4) is 5.75 Å². The molecule has 0 saturated heterocycles. The predicted molar refractivity (Wildman–Crippen MR) is 172 cm³/mol. The first-order chi connectivity index (χ1) is 20.3. The molecule has 1 aliphatic rings. The number of nitrogens with zero attached hydrogens (tertiary/aromatic N) is 1. The van der Waals surface area contributed by atoms with E-state index < -0.39 is 11.9 Å². The summed E-state index contributed by atoms with van der Waals surface area (Å²) in [4.78, 5) is 25.8. The number of methoxy groups -OCH3 is 1. The van der Waals surface area contributed by atoms with Crippen LogP contribution in [0.4, 0.5) is 0 Å². The Balaban J connectivity index is 2.14. The molecule has 236 valence electrons. The van der Waals surface area contributed by atoms with Crippen LogP contribution in [0.5, 0.6) is 5.75 Å². The summed E-state index contributed by atoms with van der Waals surface area (Å²) in [5, 5.41) is 9.53. The normalized spacial score (nSPS) is 15.5. The van der Waals surface area contributed by atoms with Gasteiger partial charge in [0.05, 0.1) is 13.2 Å². The molecule has 0 bridgehead atoms. The largest absolute Gasteiger partial charge is 0.494 e. The fraction of sp³-hybridized carbons (Fsp3) is 0.667. The van der Waals surface area contributed by atoms with Crippen molar-refractivity contribution >= 4 is 11.9 Å². The van der Waals surface area contributed by atoms with E-state index in [4.69, 9.17) is 9.47 Å². The molecule has 6 nitrogen and oxygen atoms in total. The van der Waals surface area contributed by atoms with Crippen LogP contribution in [0.2, 0.25) is 0 Å². The maximum atomic E-state index is 12.7. The summed E-state index contributed by atoms with van der Waals surface area (Å²) in [7, 11) is 1.66. The number of carboxylic acid groups (broad SMARTS) is 1. The number of ether oxygens (including phenoxy) is 2. The van der Waals surface area contributed by atoms with E-state index in [1.54, 1.807) is 7.11 Å². The van der Waals surface area contributed by atoms with Crippen molar-refractivity contribution in [3.63, 3.8) is 0 Å². The van der Waals surface area contributed by atoms with Gasteiger partial charge in [0.25, 0.3) is 0 Å². The Kier molecular flexibility index (Phi) is 16.6. The van der Waals surface area contributed by atoms with Crippen LogP contribution in [0.3, 0.4) is 0 Å². The van der Waals surface area contributed by atoms with E-state index in [1.807, 2.05) is 33.8 Å². The molecule has 1 aliphatic heterocycles. The third-order valence-electron chi connectivity index (χ3n) is 8.74. The summed E-state index contributed by atoms with van der Waals surface area (Å²) < 4.78 is 11.6. The molecule has 0 aliphatic carbocycles. The number of hydrogen-bond donors (Lipinski definition) is 1. The molecule has 1 N–H and O–H groups in total. The van der Waals surface area contributed by atoms with E-state index >= 15 is 0 Å². The number of amides is 1. The molecule has 0 radical (unpaired) electrons. The summed E-state index contributed by atoms with van der Waals surface area (Å²) in [6.07, 6.45) is 18.8. The highest BCUT2D eigenvalue weighted by Gasteiger charge is 2.37. The summed E-state index contributed by atoms with van der Waals surface area (Å²) in [5.74, 6) is -1.62. The van der Waals surface area contributed by atoms with Crippen molar-refractivity contribution < 1.29 is 24.2 Å². The topological polar surface area (TPSA) is 76.1 Å². The number of carbonyl (C=O) groups is 2. The zero-order valence-electron chi connectivity index (χ0n) is 27.4. The van der Waals surface area contributed by atoms with Crippen molar-refractivity contribution in [2.75, 3.05) is 20.3 Å². The summed E-state index contributed by atoms with van der Waals surface area (Å²) in [6, 6.07) is 6.32. The summed E-state index contributed by atoms with van der Waals surface area (Å²) in [6.45, 7) is 11.0. The van der Waals surface area contributed by atoms with Crippen molar-refractivity contribution in [3.05, 3.63) is 51.9 Å². The molecule has 1 aromatic rings. The van der Waals surface area contributed by atoms with Gasteiger partial charge in [-0.15, -0.1) is 0 Å².